The minimum absolute atomic E-state index is 0.0464. The van der Waals surface area contributed by atoms with E-state index in [0.717, 1.165) is 0 Å². The summed E-state index contributed by atoms with van der Waals surface area (Å²) in [7, 11) is -3.92. The van der Waals surface area contributed by atoms with Crippen LogP contribution in [0.3, 0.4) is 0 Å². The summed E-state index contributed by atoms with van der Waals surface area (Å²) in [5, 5.41) is 0. The van der Waals surface area contributed by atoms with Gasteiger partial charge in [0.2, 0.25) is 0 Å². The van der Waals surface area contributed by atoms with Gasteiger partial charge < -0.3 is 14.2 Å². The molecule has 0 spiro atoms. The van der Waals surface area contributed by atoms with Crippen molar-refractivity contribution >= 4 is 16.1 Å². The lowest BCUT2D eigenvalue weighted by atomic mass is 10.3. The van der Waals surface area contributed by atoms with Gasteiger partial charge in [0.25, 0.3) is 0 Å². The van der Waals surface area contributed by atoms with E-state index in [1.54, 1.807) is 16.0 Å². The number of nitrogens with zero attached hydrogens (tertiary/aromatic N) is 2. The molecule has 0 aromatic carbocycles. The van der Waals surface area contributed by atoms with Crippen molar-refractivity contribution in [3.63, 3.8) is 0 Å². The lowest BCUT2D eigenvalue weighted by Crippen LogP contribution is -2.46. The number of carbonyl (C=O) groups excluding carboxylic acids is 1. The summed E-state index contributed by atoms with van der Waals surface area (Å²) in [6, 6.07) is 0.0464. The van der Waals surface area contributed by atoms with E-state index in [9.17, 15) is 4.79 Å². The Kier molecular flexibility index (Phi) is 5.91. The van der Waals surface area contributed by atoms with Crippen LogP contribution in [0.4, 0.5) is 4.79 Å². The zero-order chi connectivity index (χ0) is 14.3. The Hall–Kier alpha value is -1.47. The van der Waals surface area contributed by atoms with Crippen LogP contribution in [0.15, 0.2) is 18.4 Å². The van der Waals surface area contributed by atoms with Crippen molar-refractivity contribution in [2.45, 2.75) is 0 Å². The van der Waals surface area contributed by atoms with Gasteiger partial charge in [0.15, 0.2) is 12.3 Å². The molecule has 0 unspecified atom stereocenters. The first-order valence-corrected chi connectivity index (χ1v) is 7.48. The van der Waals surface area contributed by atoms with Crippen molar-refractivity contribution < 1.29 is 22.5 Å². The molecule has 2 aliphatic heterocycles. The van der Waals surface area contributed by atoms with E-state index in [0.29, 0.717) is 39.1 Å². The van der Waals surface area contributed by atoms with Gasteiger partial charge in [0.1, 0.15) is 12.6 Å². The van der Waals surface area contributed by atoms with E-state index < -0.39 is 10.1 Å². The first kappa shape index (κ1) is 15.6. The standard InChI is InChI=1S/C10H13N2O2.CH4O3S/c13-10(11-4-2-1-3-5-11)12-6-8-14-9-7-12;1-5(2,3)4/h1-2,5H,4,6-9H2;1H3,(H,2,3,4)/q+1;/p-1. The number of hydrogen-bond donors (Lipinski definition) is 0. The first-order valence-electron chi connectivity index (χ1n) is 5.66. The van der Waals surface area contributed by atoms with Gasteiger partial charge in [-0.05, 0) is 0 Å². The van der Waals surface area contributed by atoms with Crippen LogP contribution < -0.4 is 0 Å². The Morgan fingerprint density at radius 2 is 1.95 bits per heavy atom. The normalized spacial score (nSPS) is 18.4. The average molecular weight is 288 g/mol. The first-order chi connectivity index (χ1) is 8.88. The van der Waals surface area contributed by atoms with E-state index in [-0.39, 0.29) is 6.03 Å². The van der Waals surface area contributed by atoms with Gasteiger partial charge in [-0.15, -0.1) is 0 Å². The molecule has 8 heteroatoms. The molecule has 2 aliphatic rings. The Labute approximate surface area is 112 Å². The van der Waals surface area contributed by atoms with Gasteiger partial charge in [-0.2, -0.15) is 0 Å². The lowest BCUT2D eigenvalue weighted by molar-refractivity contribution is 0.0472. The number of rotatable bonds is 0. The molecule has 0 atom stereocenters. The molecule has 0 aromatic heterocycles. The minimum Gasteiger partial charge on any atom is -0.748 e. The summed E-state index contributed by atoms with van der Waals surface area (Å²) >= 11 is 0. The Morgan fingerprint density at radius 1 is 1.37 bits per heavy atom. The van der Waals surface area contributed by atoms with E-state index in [1.807, 2.05) is 12.2 Å². The Bertz CT molecular complexity index is 444. The number of carbonyl (C=O) groups is 1. The predicted octanol–water partition coefficient (Wildman–Crippen LogP) is -0.211. The van der Waals surface area contributed by atoms with Gasteiger partial charge in [-0.3, -0.25) is 4.90 Å². The van der Waals surface area contributed by atoms with Crippen LogP contribution in [0, 0.1) is 6.08 Å². The van der Waals surface area contributed by atoms with Crippen LogP contribution in [0.5, 0.6) is 0 Å². The maximum absolute atomic E-state index is 11.8. The molecule has 0 aromatic rings. The van der Waals surface area contributed by atoms with Crippen LogP contribution in [0.2, 0.25) is 0 Å². The molecule has 1 fully saturated rings. The van der Waals surface area contributed by atoms with Crippen LogP contribution in [0.1, 0.15) is 0 Å². The number of amides is 2. The highest BCUT2D eigenvalue weighted by atomic mass is 32.2. The second-order valence-electron chi connectivity index (χ2n) is 3.94. The Morgan fingerprint density at radius 3 is 2.42 bits per heavy atom. The van der Waals surface area contributed by atoms with Gasteiger partial charge in [0.05, 0.1) is 29.4 Å². The zero-order valence-corrected chi connectivity index (χ0v) is 11.4. The summed E-state index contributed by atoms with van der Waals surface area (Å²) in [5.41, 5.74) is 0. The van der Waals surface area contributed by atoms with Crippen molar-refractivity contribution in [2.24, 2.45) is 0 Å². The Balaban J connectivity index is 0.000000312. The lowest BCUT2D eigenvalue weighted by Gasteiger charge is -2.29. The van der Waals surface area contributed by atoms with Crippen molar-refractivity contribution in [3.8, 4) is 0 Å². The van der Waals surface area contributed by atoms with Gasteiger partial charge >= 0.3 is 6.03 Å². The predicted molar refractivity (Wildman–Crippen MR) is 67.1 cm³/mol. The summed E-state index contributed by atoms with van der Waals surface area (Å²) in [4.78, 5) is 15.3. The highest BCUT2D eigenvalue weighted by Gasteiger charge is 2.23. The number of hydrogen-bond acceptors (Lipinski definition) is 5. The van der Waals surface area contributed by atoms with Crippen LogP contribution in [-0.4, -0.2) is 67.9 Å². The summed E-state index contributed by atoms with van der Waals surface area (Å²) in [5.74, 6) is 0. The minimum atomic E-state index is -3.92. The fourth-order valence-electron chi connectivity index (χ4n) is 1.49. The maximum atomic E-state index is 11.8. The summed E-state index contributed by atoms with van der Waals surface area (Å²) in [6.07, 6.45) is 8.93. The van der Waals surface area contributed by atoms with E-state index in [2.05, 4.69) is 6.08 Å². The third-order valence-corrected chi connectivity index (χ3v) is 2.27. The molecule has 2 amide bonds. The van der Waals surface area contributed by atoms with Crippen molar-refractivity contribution in [1.29, 1.82) is 0 Å². The number of urea groups is 1. The van der Waals surface area contributed by atoms with Gasteiger partial charge in [0, 0.05) is 19.3 Å². The molecule has 106 valence electrons. The molecule has 1 saturated heterocycles. The average Bonchev–Trinajstić information content (AvgIpc) is 2.38. The topological polar surface area (TPSA) is 90.0 Å². The quantitative estimate of drug-likeness (QED) is 0.454. The molecule has 2 heterocycles. The molecular formula is C11H16N2O5S. The summed E-state index contributed by atoms with van der Waals surface area (Å²) in [6.45, 7) is 3.30. The molecular weight excluding hydrogens is 272 g/mol. The monoisotopic (exact) mass is 288 g/mol. The molecule has 0 radical (unpaired) electrons. The molecule has 19 heavy (non-hydrogen) atoms. The van der Waals surface area contributed by atoms with Crippen molar-refractivity contribution in [1.82, 2.24) is 9.80 Å². The third-order valence-electron chi connectivity index (χ3n) is 2.27. The van der Waals surface area contributed by atoms with Crippen LogP contribution in [-0.2, 0) is 14.9 Å². The highest BCUT2D eigenvalue weighted by molar-refractivity contribution is 7.84. The molecule has 0 saturated carbocycles. The molecule has 0 bridgehead atoms. The zero-order valence-electron chi connectivity index (χ0n) is 10.6. The molecule has 0 aliphatic carbocycles. The second kappa shape index (κ2) is 7.20. The summed E-state index contributed by atoms with van der Waals surface area (Å²) < 4.78 is 32.4. The molecule has 7 nitrogen and oxygen atoms in total. The smallest absolute Gasteiger partial charge is 0.327 e. The number of morpholine rings is 1. The van der Waals surface area contributed by atoms with Gasteiger partial charge in [-0.25, -0.2) is 13.2 Å². The molecule has 0 N–H and O–H groups in total. The van der Waals surface area contributed by atoms with E-state index in [1.165, 1.54) is 0 Å². The van der Waals surface area contributed by atoms with Gasteiger partial charge in [-0.1, -0.05) is 0 Å². The fraction of sp³-hybridized carbons (Fsp3) is 0.545. The second-order valence-corrected chi connectivity index (χ2v) is 5.34. The van der Waals surface area contributed by atoms with Crippen LogP contribution >= 0.6 is 0 Å². The number of allylic oxidation sites excluding steroid dienone is 2. The van der Waals surface area contributed by atoms with Crippen molar-refractivity contribution in [2.75, 3.05) is 39.1 Å². The van der Waals surface area contributed by atoms with Crippen LogP contribution in [0.25, 0.3) is 0 Å². The molecule has 2 rings (SSSR count). The van der Waals surface area contributed by atoms with E-state index >= 15 is 0 Å². The highest BCUT2D eigenvalue weighted by Crippen LogP contribution is 2.06. The van der Waals surface area contributed by atoms with Crippen molar-refractivity contribution in [3.05, 3.63) is 24.4 Å². The van der Waals surface area contributed by atoms with E-state index in [4.69, 9.17) is 17.7 Å². The maximum Gasteiger partial charge on any atom is 0.327 e. The largest absolute Gasteiger partial charge is 0.748 e. The SMILES string of the molecule is CS(=O)(=O)[O-].O=C(N1C=[C+]C=CC1)N1CCOCC1. The number of ether oxygens (including phenoxy) is 1. The fourth-order valence-corrected chi connectivity index (χ4v) is 1.49. The third kappa shape index (κ3) is 6.88.